The standard InChI is InChI=1S/C17H16F2N2O2/c18-13-5-1-3-11(7-13)9-15(17(20)23)21-16(22)10-12-4-2-6-14(19)8-12/h1-8,15H,9-10H2,(H2,20,23)(H,21,22)/t15-/m0/s1. The summed E-state index contributed by atoms with van der Waals surface area (Å²) in [4.78, 5) is 23.5. The number of carbonyl (C=O) groups excluding carboxylic acids is 2. The maximum Gasteiger partial charge on any atom is 0.240 e. The second kappa shape index (κ2) is 7.49. The molecule has 0 fully saturated rings. The molecule has 0 saturated carbocycles. The van der Waals surface area contributed by atoms with E-state index < -0.39 is 29.5 Å². The van der Waals surface area contributed by atoms with Crippen LogP contribution < -0.4 is 11.1 Å². The second-order valence-corrected chi connectivity index (χ2v) is 5.16. The van der Waals surface area contributed by atoms with Crippen LogP contribution in [0.1, 0.15) is 11.1 Å². The number of nitrogens with two attached hydrogens (primary N) is 1. The molecule has 0 saturated heterocycles. The van der Waals surface area contributed by atoms with Gasteiger partial charge in [0.1, 0.15) is 17.7 Å². The van der Waals surface area contributed by atoms with Crippen LogP contribution in [-0.4, -0.2) is 17.9 Å². The molecule has 6 heteroatoms. The molecule has 2 rings (SSSR count). The van der Waals surface area contributed by atoms with Crippen molar-refractivity contribution in [2.45, 2.75) is 18.9 Å². The number of halogens is 2. The Morgan fingerprint density at radius 1 is 1.00 bits per heavy atom. The third-order valence-corrected chi connectivity index (χ3v) is 3.26. The van der Waals surface area contributed by atoms with Gasteiger partial charge < -0.3 is 11.1 Å². The van der Waals surface area contributed by atoms with Crippen LogP contribution in [0.25, 0.3) is 0 Å². The highest BCUT2D eigenvalue weighted by atomic mass is 19.1. The molecule has 0 radical (unpaired) electrons. The Hall–Kier alpha value is -2.76. The predicted octanol–water partition coefficient (Wildman–Crippen LogP) is 1.72. The van der Waals surface area contributed by atoms with Gasteiger partial charge in [0, 0.05) is 6.42 Å². The summed E-state index contributed by atoms with van der Waals surface area (Å²) in [7, 11) is 0. The highest BCUT2D eigenvalue weighted by Gasteiger charge is 2.19. The highest BCUT2D eigenvalue weighted by Crippen LogP contribution is 2.08. The number of primary amides is 1. The molecule has 0 aliphatic carbocycles. The van der Waals surface area contributed by atoms with E-state index in [1.165, 1.54) is 36.4 Å². The van der Waals surface area contributed by atoms with Crippen LogP contribution in [0.3, 0.4) is 0 Å². The van der Waals surface area contributed by atoms with Gasteiger partial charge in [0.25, 0.3) is 0 Å². The van der Waals surface area contributed by atoms with Crippen LogP contribution in [0.2, 0.25) is 0 Å². The van der Waals surface area contributed by atoms with E-state index in [4.69, 9.17) is 5.73 Å². The Morgan fingerprint density at radius 3 is 2.13 bits per heavy atom. The number of hydrogen-bond acceptors (Lipinski definition) is 2. The molecule has 2 aromatic carbocycles. The first-order valence-corrected chi connectivity index (χ1v) is 7.01. The van der Waals surface area contributed by atoms with Crippen molar-refractivity contribution in [2.24, 2.45) is 5.73 Å². The zero-order valence-corrected chi connectivity index (χ0v) is 12.3. The lowest BCUT2D eigenvalue weighted by molar-refractivity contribution is -0.127. The van der Waals surface area contributed by atoms with Gasteiger partial charge in [0.2, 0.25) is 11.8 Å². The molecule has 0 aliphatic rings. The second-order valence-electron chi connectivity index (χ2n) is 5.16. The topological polar surface area (TPSA) is 72.2 Å². The summed E-state index contributed by atoms with van der Waals surface area (Å²) in [6.45, 7) is 0. The van der Waals surface area contributed by atoms with Crippen LogP contribution in [0.4, 0.5) is 8.78 Å². The van der Waals surface area contributed by atoms with Gasteiger partial charge >= 0.3 is 0 Å². The molecule has 0 heterocycles. The summed E-state index contributed by atoms with van der Waals surface area (Å²) >= 11 is 0. The largest absolute Gasteiger partial charge is 0.368 e. The summed E-state index contributed by atoms with van der Waals surface area (Å²) in [6.07, 6.45) is 0.00662. The van der Waals surface area contributed by atoms with Crippen molar-refractivity contribution < 1.29 is 18.4 Å². The maximum absolute atomic E-state index is 13.2. The van der Waals surface area contributed by atoms with Gasteiger partial charge in [-0.1, -0.05) is 24.3 Å². The van der Waals surface area contributed by atoms with Gasteiger partial charge in [-0.25, -0.2) is 8.78 Å². The van der Waals surface area contributed by atoms with Crippen LogP contribution in [-0.2, 0) is 22.4 Å². The van der Waals surface area contributed by atoms with Gasteiger partial charge in [-0.3, -0.25) is 9.59 Å². The Bertz CT molecular complexity index is 719. The number of nitrogens with one attached hydrogen (secondary N) is 1. The van der Waals surface area contributed by atoms with E-state index in [9.17, 15) is 18.4 Å². The number of hydrogen-bond donors (Lipinski definition) is 2. The lowest BCUT2D eigenvalue weighted by atomic mass is 10.0. The lowest BCUT2D eigenvalue weighted by Crippen LogP contribution is -2.46. The van der Waals surface area contributed by atoms with Crippen LogP contribution in [0, 0.1) is 11.6 Å². The first-order valence-electron chi connectivity index (χ1n) is 7.01. The molecule has 2 amide bonds. The molecule has 0 spiro atoms. The average molecular weight is 318 g/mol. The number of carbonyl (C=O) groups is 2. The van der Waals surface area contributed by atoms with E-state index in [0.29, 0.717) is 11.1 Å². The lowest BCUT2D eigenvalue weighted by Gasteiger charge is -2.15. The van der Waals surface area contributed by atoms with E-state index in [1.807, 2.05) is 0 Å². The SMILES string of the molecule is NC(=O)[C@H](Cc1cccc(F)c1)NC(=O)Cc1cccc(F)c1. The van der Waals surface area contributed by atoms with E-state index in [2.05, 4.69) is 5.32 Å². The summed E-state index contributed by atoms with van der Waals surface area (Å²) in [5, 5.41) is 2.49. The first kappa shape index (κ1) is 16.6. The van der Waals surface area contributed by atoms with E-state index >= 15 is 0 Å². The molecule has 0 aliphatic heterocycles. The zero-order valence-electron chi connectivity index (χ0n) is 12.3. The Kier molecular flexibility index (Phi) is 5.41. The smallest absolute Gasteiger partial charge is 0.240 e. The summed E-state index contributed by atoms with van der Waals surface area (Å²) in [6, 6.07) is 10.4. The fourth-order valence-electron chi connectivity index (χ4n) is 2.20. The van der Waals surface area contributed by atoms with Gasteiger partial charge in [-0.05, 0) is 35.4 Å². The maximum atomic E-state index is 13.2. The number of rotatable bonds is 6. The van der Waals surface area contributed by atoms with Crippen molar-refractivity contribution in [3.05, 3.63) is 71.3 Å². The third-order valence-electron chi connectivity index (χ3n) is 3.26. The molecule has 1 atom stereocenters. The molecule has 2 aromatic rings. The van der Waals surface area contributed by atoms with Crippen LogP contribution >= 0.6 is 0 Å². The van der Waals surface area contributed by atoms with Gasteiger partial charge in [0.05, 0.1) is 6.42 Å². The van der Waals surface area contributed by atoms with Crippen molar-refractivity contribution in [2.75, 3.05) is 0 Å². The van der Waals surface area contributed by atoms with Crippen LogP contribution in [0.15, 0.2) is 48.5 Å². The Morgan fingerprint density at radius 2 is 1.57 bits per heavy atom. The molecule has 0 bridgehead atoms. The molecule has 0 aromatic heterocycles. The molecular formula is C17H16F2N2O2. The quantitative estimate of drug-likeness (QED) is 0.851. The fraction of sp³-hybridized carbons (Fsp3) is 0.176. The van der Waals surface area contributed by atoms with Crippen molar-refractivity contribution >= 4 is 11.8 Å². The van der Waals surface area contributed by atoms with Crippen LogP contribution in [0.5, 0.6) is 0 Å². The normalized spacial score (nSPS) is 11.7. The summed E-state index contributed by atoms with van der Waals surface area (Å²) in [5.41, 5.74) is 6.31. The first-order chi connectivity index (χ1) is 10.9. The minimum Gasteiger partial charge on any atom is -0.368 e. The Balaban J connectivity index is 2.01. The van der Waals surface area contributed by atoms with E-state index in [-0.39, 0.29) is 12.8 Å². The molecule has 4 nitrogen and oxygen atoms in total. The molecule has 3 N–H and O–H groups in total. The molecule has 0 unspecified atom stereocenters. The Labute approximate surface area is 132 Å². The third kappa shape index (κ3) is 5.18. The minimum absolute atomic E-state index is 0.0787. The fourth-order valence-corrected chi connectivity index (χ4v) is 2.20. The van der Waals surface area contributed by atoms with E-state index in [0.717, 1.165) is 0 Å². The van der Waals surface area contributed by atoms with Crippen molar-refractivity contribution in [1.82, 2.24) is 5.32 Å². The highest BCUT2D eigenvalue weighted by molar-refractivity contribution is 5.87. The van der Waals surface area contributed by atoms with Gasteiger partial charge in [0.15, 0.2) is 0 Å². The monoisotopic (exact) mass is 318 g/mol. The predicted molar refractivity (Wildman–Crippen MR) is 81.3 cm³/mol. The summed E-state index contributed by atoms with van der Waals surface area (Å²) < 4.78 is 26.3. The van der Waals surface area contributed by atoms with E-state index in [1.54, 1.807) is 12.1 Å². The molecule has 23 heavy (non-hydrogen) atoms. The summed E-state index contributed by atoms with van der Waals surface area (Å²) in [5.74, 6) is -2.06. The van der Waals surface area contributed by atoms with Crippen molar-refractivity contribution in [1.29, 1.82) is 0 Å². The molecule has 120 valence electrons. The number of benzene rings is 2. The van der Waals surface area contributed by atoms with Crippen molar-refractivity contribution in [3.63, 3.8) is 0 Å². The van der Waals surface area contributed by atoms with Crippen molar-refractivity contribution in [3.8, 4) is 0 Å². The molecular weight excluding hydrogens is 302 g/mol. The number of amides is 2. The van der Waals surface area contributed by atoms with Gasteiger partial charge in [-0.2, -0.15) is 0 Å². The average Bonchev–Trinajstić information content (AvgIpc) is 2.46. The van der Waals surface area contributed by atoms with Gasteiger partial charge in [-0.15, -0.1) is 0 Å². The minimum atomic E-state index is -0.960. The zero-order chi connectivity index (χ0) is 16.8.